The second kappa shape index (κ2) is 16.0. The summed E-state index contributed by atoms with van der Waals surface area (Å²) in [6, 6.07) is 16.4. The van der Waals surface area contributed by atoms with Crippen molar-refractivity contribution in [1.82, 2.24) is 43.4 Å². The number of aromatic amines is 1. The van der Waals surface area contributed by atoms with E-state index in [1.54, 1.807) is 77.8 Å². The summed E-state index contributed by atoms with van der Waals surface area (Å²) < 4.78 is 33.3. The van der Waals surface area contributed by atoms with Gasteiger partial charge in [-0.2, -0.15) is 5.10 Å². The summed E-state index contributed by atoms with van der Waals surface area (Å²) in [5, 5.41) is 10.6. The largest absolute Gasteiger partial charge is 0.438 e. The highest BCUT2D eigenvalue weighted by Gasteiger charge is 2.59. The normalized spacial score (nSPS) is 23.7. The number of nitrogens with zero attached hydrogens (tertiary/aromatic N) is 8. The highest BCUT2D eigenvalue weighted by atomic mass is 35.5. The van der Waals surface area contributed by atoms with Crippen LogP contribution in [0.15, 0.2) is 81.1 Å². The number of rotatable bonds is 9. The summed E-state index contributed by atoms with van der Waals surface area (Å²) in [5.74, 6) is -0.219. The van der Waals surface area contributed by atoms with Crippen molar-refractivity contribution in [3.05, 3.63) is 144 Å². The quantitative estimate of drug-likeness (QED) is 0.150. The van der Waals surface area contributed by atoms with Crippen LogP contribution in [0.3, 0.4) is 0 Å². The number of hydrogen-bond donors (Lipinski definition) is 1. The van der Waals surface area contributed by atoms with Gasteiger partial charge in [0.15, 0.2) is 5.82 Å². The Bertz CT molecular complexity index is 3420. The molecule has 15 nitrogen and oxygen atoms in total. The molecule has 362 valence electrons. The van der Waals surface area contributed by atoms with Crippen molar-refractivity contribution < 1.29 is 23.2 Å². The zero-order chi connectivity index (χ0) is 48.7. The first kappa shape index (κ1) is 44.7. The zero-order valence-electron chi connectivity index (χ0n) is 40.1. The third-order valence-corrected chi connectivity index (χ3v) is 16.3. The van der Waals surface area contributed by atoms with Gasteiger partial charge >= 0.3 is 11.4 Å². The van der Waals surface area contributed by atoms with Crippen LogP contribution in [-0.2, 0) is 16.7 Å². The molecule has 4 fully saturated rings. The van der Waals surface area contributed by atoms with E-state index < -0.39 is 23.0 Å². The molecule has 1 N–H and O–H groups in total. The van der Waals surface area contributed by atoms with E-state index in [0.717, 1.165) is 60.7 Å². The minimum absolute atomic E-state index is 0.0119. The lowest BCUT2D eigenvalue weighted by Gasteiger charge is -2.46. The molecule has 7 aromatic rings. The van der Waals surface area contributed by atoms with E-state index in [1.165, 1.54) is 10.1 Å². The minimum Gasteiger partial charge on any atom is -0.376 e. The molecule has 3 aliphatic heterocycles. The number of aromatic nitrogens is 7. The molecular weight excluding hydrogens is 913 g/mol. The van der Waals surface area contributed by atoms with Crippen molar-refractivity contribution in [2.24, 2.45) is 5.92 Å². The van der Waals surface area contributed by atoms with E-state index in [4.69, 9.17) is 26.0 Å². The molecule has 5 aliphatic rings. The third-order valence-electron chi connectivity index (χ3n) is 16.0. The fourth-order valence-corrected chi connectivity index (χ4v) is 12.4. The van der Waals surface area contributed by atoms with E-state index >= 15 is 9.18 Å². The number of fused-ring (bicyclic) bond motifs is 5. The Morgan fingerprint density at radius 2 is 1.69 bits per heavy atom. The van der Waals surface area contributed by atoms with Gasteiger partial charge in [0.1, 0.15) is 22.9 Å². The van der Waals surface area contributed by atoms with Crippen LogP contribution in [0.1, 0.15) is 139 Å². The molecule has 7 heterocycles. The molecule has 5 atom stereocenters. The molecular formula is C53H55ClFN9O6. The molecule has 70 heavy (non-hydrogen) atoms. The lowest BCUT2D eigenvalue weighted by molar-refractivity contribution is -0.0592. The summed E-state index contributed by atoms with van der Waals surface area (Å²) in [6.45, 7) is 10.4. The molecule has 2 saturated heterocycles. The van der Waals surface area contributed by atoms with Gasteiger partial charge in [-0.1, -0.05) is 29.7 Å². The summed E-state index contributed by atoms with van der Waals surface area (Å²) in [5.41, 5.74) is 4.75. The maximum absolute atomic E-state index is 16.0. The number of imidazole rings is 1. The molecule has 4 aromatic heterocycles. The van der Waals surface area contributed by atoms with Crippen molar-refractivity contribution in [3.63, 3.8) is 0 Å². The molecule has 12 rings (SSSR count). The molecule has 0 unspecified atom stereocenters. The number of hydrogen-bond acceptors (Lipinski definition) is 8. The van der Waals surface area contributed by atoms with E-state index in [0.29, 0.717) is 71.3 Å². The summed E-state index contributed by atoms with van der Waals surface area (Å²) in [7, 11) is 1.78. The van der Waals surface area contributed by atoms with Crippen LogP contribution < -0.4 is 11.4 Å². The maximum atomic E-state index is 16.0. The second-order valence-electron chi connectivity index (χ2n) is 21.1. The van der Waals surface area contributed by atoms with E-state index in [2.05, 4.69) is 53.7 Å². The van der Waals surface area contributed by atoms with Crippen LogP contribution in [0.4, 0.5) is 4.39 Å². The van der Waals surface area contributed by atoms with Crippen LogP contribution in [0.2, 0.25) is 5.02 Å². The molecule has 2 saturated carbocycles. The topological polar surface area (TPSA) is 158 Å². The highest BCUT2D eigenvalue weighted by Crippen LogP contribution is 2.56. The fourth-order valence-electron chi connectivity index (χ4n) is 12.2. The number of aryl methyl sites for hydroxylation is 2. The minimum atomic E-state index is -0.844. The number of benzene rings is 3. The lowest BCUT2D eigenvalue weighted by Crippen LogP contribution is -2.50. The van der Waals surface area contributed by atoms with Crippen LogP contribution in [-0.4, -0.2) is 86.6 Å². The standard InChI is InChI=1S/C53H55ClFN9O6/c1-28-20-37(21-29(2)45(28)55)64-46(61-18-17-60(51(61)68)35-13-14-38(39(54)24-35)47(65)59(6)34-11-12-34)44-40(57-64)25-36-8-7-9-42(44)62(36)48(66)43-23-33-22-31(32-16-19-69-52(4,5)27-32)10-15-41(33)63(43)53(26-30(53)3)49-56-50(67)70-58-49/h10,13-15,17-18,20-24,30,32,34,36,42H,7-9,11-12,16,19,25-27H2,1-6H3,(H,56,58,67)/t30-,32-,36+,42-,53-/m0/s1. The van der Waals surface area contributed by atoms with Gasteiger partial charge in [0.25, 0.3) is 11.8 Å². The van der Waals surface area contributed by atoms with Crippen LogP contribution in [0, 0.1) is 25.6 Å². The summed E-state index contributed by atoms with van der Waals surface area (Å²) in [6.07, 6.45) is 10.2. The molecule has 3 aromatic carbocycles. The van der Waals surface area contributed by atoms with Crippen molar-refractivity contribution in [2.75, 3.05) is 13.7 Å². The van der Waals surface area contributed by atoms with Gasteiger partial charge in [-0.25, -0.2) is 18.7 Å². The van der Waals surface area contributed by atoms with Gasteiger partial charge in [0.05, 0.1) is 39.3 Å². The molecule has 0 spiro atoms. The molecule has 2 aliphatic carbocycles. The number of nitrogens with one attached hydrogen (secondary N) is 1. The zero-order valence-corrected chi connectivity index (χ0v) is 40.8. The van der Waals surface area contributed by atoms with Crippen molar-refractivity contribution in [1.29, 1.82) is 0 Å². The van der Waals surface area contributed by atoms with E-state index in [9.17, 15) is 14.4 Å². The predicted molar refractivity (Wildman–Crippen MR) is 260 cm³/mol. The monoisotopic (exact) mass is 967 g/mol. The number of H-pyrrole nitrogens is 1. The summed E-state index contributed by atoms with van der Waals surface area (Å²) in [4.78, 5) is 63.4. The average Bonchev–Trinajstić information content (AvgIpc) is 4.05. The Labute approximate surface area is 407 Å². The number of amides is 2. The molecule has 0 radical (unpaired) electrons. The second-order valence-corrected chi connectivity index (χ2v) is 21.5. The van der Waals surface area contributed by atoms with Gasteiger partial charge in [-0.3, -0.25) is 28.2 Å². The Kier molecular flexibility index (Phi) is 10.2. The Balaban J connectivity index is 0.999. The Morgan fingerprint density at radius 1 is 0.929 bits per heavy atom. The van der Waals surface area contributed by atoms with Crippen molar-refractivity contribution in [3.8, 4) is 17.2 Å². The maximum Gasteiger partial charge on any atom is 0.438 e. The van der Waals surface area contributed by atoms with Crippen LogP contribution in [0.25, 0.3) is 28.1 Å². The first-order chi connectivity index (χ1) is 33.5. The Hall–Kier alpha value is -6.52. The number of carbonyl (C=O) groups is 2. The third kappa shape index (κ3) is 6.98. The molecule has 2 amide bonds. The van der Waals surface area contributed by atoms with Crippen LogP contribution in [0.5, 0.6) is 0 Å². The van der Waals surface area contributed by atoms with Gasteiger partial charge in [0, 0.05) is 61.0 Å². The first-order valence-electron chi connectivity index (χ1n) is 24.5. The number of halogens is 2. The van der Waals surface area contributed by atoms with Crippen molar-refractivity contribution in [2.45, 2.75) is 128 Å². The SMILES string of the molecule is Cc1cc(-n2nc3c(c2-n2ccn(-c4ccc(C(=O)N(C)C5CC5)c(Cl)c4)c2=O)[C@@H]2CCC[C@H](C3)N2C(=O)c2cc3cc([C@H]4CCOC(C)(C)C4)ccc3n2[C@@]2(c3noc(=O)[nH]3)C[C@@H]2C)cc(C)c1F. The van der Waals surface area contributed by atoms with Gasteiger partial charge in [-0.15, -0.1) is 0 Å². The van der Waals surface area contributed by atoms with E-state index in [-0.39, 0.29) is 52.2 Å². The van der Waals surface area contributed by atoms with Gasteiger partial charge in [0.2, 0.25) is 0 Å². The fraction of sp³-hybridized carbons (Fsp3) is 0.434. The smallest absolute Gasteiger partial charge is 0.376 e. The van der Waals surface area contributed by atoms with Crippen LogP contribution >= 0.6 is 11.6 Å². The number of carbonyl (C=O) groups excluding carboxylic acids is 2. The average molecular weight is 969 g/mol. The Morgan fingerprint density at radius 3 is 2.37 bits per heavy atom. The number of piperidine rings is 1. The summed E-state index contributed by atoms with van der Waals surface area (Å²) >= 11 is 6.78. The highest BCUT2D eigenvalue weighted by molar-refractivity contribution is 6.34. The van der Waals surface area contributed by atoms with Gasteiger partial charge in [-0.05, 0) is 156 Å². The van der Waals surface area contributed by atoms with Gasteiger partial charge < -0.3 is 19.1 Å². The lowest BCUT2D eigenvalue weighted by atomic mass is 9.82. The first-order valence-corrected chi connectivity index (χ1v) is 24.9. The predicted octanol–water partition coefficient (Wildman–Crippen LogP) is 8.84. The molecule has 17 heteroatoms. The molecule has 2 bridgehead atoms. The number of ether oxygens (including phenoxy) is 1. The van der Waals surface area contributed by atoms with Crippen molar-refractivity contribution >= 4 is 34.3 Å². The van der Waals surface area contributed by atoms with E-state index in [1.807, 2.05) is 11.0 Å².